The number of imidazole rings is 1. The normalized spacial score (nSPS) is 18.6. The Bertz CT molecular complexity index is 1470. The van der Waals surface area contributed by atoms with Crippen LogP contribution in [0.1, 0.15) is 4.88 Å². The second-order valence-electron chi connectivity index (χ2n) is 8.97. The predicted octanol–water partition coefficient (Wildman–Crippen LogP) is 2.15. The molecule has 0 aliphatic carbocycles. The number of rotatable bonds is 5. The minimum absolute atomic E-state index is 0.531. The second kappa shape index (κ2) is 9.10. The van der Waals surface area contributed by atoms with Crippen molar-refractivity contribution >= 4 is 48.4 Å². The van der Waals surface area contributed by atoms with Crippen LogP contribution in [0.2, 0.25) is 0 Å². The van der Waals surface area contributed by atoms with Crippen LogP contribution in [0.4, 0.5) is 5.82 Å². The molecule has 2 aliphatic heterocycles. The molecule has 12 heteroatoms. The Kier molecular flexibility index (Phi) is 5.93. The summed E-state index contributed by atoms with van der Waals surface area (Å²) in [7, 11) is -3.13. The maximum Gasteiger partial charge on any atom is 0.211 e. The summed E-state index contributed by atoms with van der Waals surface area (Å²) in [5.74, 6) is 1.65. The highest BCUT2D eigenvalue weighted by molar-refractivity contribution is 7.88. The molecule has 0 saturated carbocycles. The Morgan fingerprint density at radius 2 is 1.86 bits per heavy atom. The molecular weight excluding hydrogens is 486 g/mol. The summed E-state index contributed by atoms with van der Waals surface area (Å²) in [5, 5.41) is 1.06. The van der Waals surface area contributed by atoms with Gasteiger partial charge in [0, 0.05) is 56.3 Å². The van der Waals surface area contributed by atoms with Crippen molar-refractivity contribution in [3.8, 4) is 11.4 Å². The largest absolute Gasteiger partial charge is 0.378 e. The van der Waals surface area contributed by atoms with E-state index < -0.39 is 10.0 Å². The van der Waals surface area contributed by atoms with E-state index in [1.165, 1.54) is 11.1 Å². The maximum atomic E-state index is 11.8. The van der Waals surface area contributed by atoms with E-state index in [0.29, 0.717) is 32.1 Å². The number of aromatic amines is 1. The van der Waals surface area contributed by atoms with Gasteiger partial charge < -0.3 is 14.6 Å². The molecule has 1 aromatic carbocycles. The van der Waals surface area contributed by atoms with Crippen LogP contribution >= 0.6 is 11.3 Å². The van der Waals surface area contributed by atoms with E-state index in [0.717, 1.165) is 65.4 Å². The molecule has 3 aromatic heterocycles. The molecule has 10 nitrogen and oxygen atoms in total. The van der Waals surface area contributed by atoms with E-state index in [9.17, 15) is 8.42 Å². The third kappa shape index (κ3) is 4.64. The zero-order valence-corrected chi connectivity index (χ0v) is 21.1. The topological polar surface area (TPSA) is 108 Å². The van der Waals surface area contributed by atoms with Gasteiger partial charge in [-0.05, 0) is 24.3 Å². The number of thiophene rings is 1. The number of anilines is 1. The van der Waals surface area contributed by atoms with Gasteiger partial charge in [0.1, 0.15) is 10.6 Å². The second-order valence-corrected chi connectivity index (χ2v) is 12.1. The summed E-state index contributed by atoms with van der Waals surface area (Å²) >= 11 is 1.69. The van der Waals surface area contributed by atoms with Crippen LogP contribution in [0.3, 0.4) is 0 Å². The van der Waals surface area contributed by atoms with E-state index in [1.807, 2.05) is 18.2 Å². The van der Waals surface area contributed by atoms with Gasteiger partial charge in [0.05, 0.1) is 42.2 Å². The molecule has 0 spiro atoms. The SMILES string of the molecule is CS(=O)(=O)N1CCN(Cc2cc3c(N4CCOCC4)nc(-c4ccc5nc[nH]c5c4)nc3s2)CC1. The average Bonchev–Trinajstić information content (AvgIpc) is 3.49. The van der Waals surface area contributed by atoms with E-state index in [2.05, 4.69) is 25.8 Å². The third-order valence-corrected chi connectivity index (χ3v) is 8.91. The Morgan fingerprint density at radius 1 is 1.06 bits per heavy atom. The Balaban J connectivity index is 1.33. The van der Waals surface area contributed by atoms with Gasteiger partial charge >= 0.3 is 0 Å². The summed E-state index contributed by atoms with van der Waals surface area (Å²) < 4.78 is 30.8. The molecule has 0 atom stereocenters. The quantitative estimate of drug-likeness (QED) is 0.433. The molecule has 0 bridgehead atoms. The van der Waals surface area contributed by atoms with Gasteiger partial charge in [0.25, 0.3) is 0 Å². The Hall–Kier alpha value is -2.64. The monoisotopic (exact) mass is 513 g/mol. The van der Waals surface area contributed by atoms with E-state index in [1.54, 1.807) is 22.0 Å². The molecule has 1 N–H and O–H groups in total. The predicted molar refractivity (Wildman–Crippen MR) is 137 cm³/mol. The summed E-state index contributed by atoms with van der Waals surface area (Å²) in [6.07, 6.45) is 2.97. The number of morpholine rings is 1. The molecular formula is C23H27N7O3S2. The van der Waals surface area contributed by atoms with E-state index in [4.69, 9.17) is 14.7 Å². The molecule has 2 fully saturated rings. The van der Waals surface area contributed by atoms with Crippen molar-refractivity contribution in [2.45, 2.75) is 6.54 Å². The maximum absolute atomic E-state index is 11.8. The first-order valence-corrected chi connectivity index (χ1v) is 14.3. The summed E-state index contributed by atoms with van der Waals surface area (Å²) in [6, 6.07) is 8.25. The fraction of sp³-hybridized carbons (Fsp3) is 0.435. The van der Waals surface area contributed by atoms with Gasteiger partial charge in [0.15, 0.2) is 5.82 Å². The van der Waals surface area contributed by atoms with Gasteiger partial charge in [-0.2, -0.15) is 4.31 Å². The number of nitrogens with zero attached hydrogens (tertiary/aromatic N) is 6. The molecule has 2 saturated heterocycles. The standard InChI is InChI=1S/C23H27N7O3S2/c1-35(31,32)30-6-4-28(5-7-30)14-17-13-18-22(29-8-10-33-11-9-29)26-21(27-23(18)34-17)16-2-3-19-20(12-16)25-15-24-19/h2-3,12-13,15H,4-11,14H2,1H3,(H,24,25). The molecule has 35 heavy (non-hydrogen) atoms. The zero-order valence-electron chi connectivity index (χ0n) is 19.5. The lowest BCUT2D eigenvalue weighted by molar-refractivity contribution is 0.122. The first-order valence-electron chi connectivity index (χ1n) is 11.7. The molecule has 0 amide bonds. The highest BCUT2D eigenvalue weighted by Crippen LogP contribution is 2.35. The van der Waals surface area contributed by atoms with Crippen LogP contribution in [0.15, 0.2) is 30.6 Å². The fourth-order valence-electron chi connectivity index (χ4n) is 4.69. The van der Waals surface area contributed by atoms with Gasteiger partial charge in [-0.3, -0.25) is 4.90 Å². The van der Waals surface area contributed by atoms with Crippen LogP contribution in [0.25, 0.3) is 32.6 Å². The number of piperazine rings is 1. The van der Waals surface area contributed by atoms with Crippen molar-refractivity contribution in [3.63, 3.8) is 0 Å². The molecule has 5 heterocycles. The first-order chi connectivity index (χ1) is 16.9. The van der Waals surface area contributed by atoms with Crippen LogP contribution in [-0.4, -0.2) is 96.3 Å². The van der Waals surface area contributed by atoms with Gasteiger partial charge in [-0.25, -0.2) is 23.4 Å². The first kappa shape index (κ1) is 22.8. The summed E-state index contributed by atoms with van der Waals surface area (Å²) in [4.78, 5) is 24.2. The number of fused-ring (bicyclic) bond motifs is 2. The van der Waals surface area contributed by atoms with Crippen LogP contribution in [-0.2, 0) is 21.3 Å². The number of benzene rings is 1. The Labute approximate surface area is 207 Å². The summed E-state index contributed by atoms with van der Waals surface area (Å²) in [5.41, 5.74) is 2.82. The number of nitrogens with one attached hydrogen (secondary N) is 1. The van der Waals surface area contributed by atoms with Crippen molar-refractivity contribution in [2.75, 3.05) is 63.6 Å². The number of hydrogen-bond acceptors (Lipinski definition) is 9. The lowest BCUT2D eigenvalue weighted by atomic mass is 10.2. The lowest BCUT2D eigenvalue weighted by Gasteiger charge is -2.32. The Morgan fingerprint density at radius 3 is 2.63 bits per heavy atom. The molecule has 0 radical (unpaired) electrons. The van der Waals surface area contributed by atoms with Crippen molar-refractivity contribution in [1.29, 1.82) is 0 Å². The lowest BCUT2D eigenvalue weighted by Crippen LogP contribution is -2.47. The van der Waals surface area contributed by atoms with Crippen molar-refractivity contribution in [3.05, 3.63) is 35.5 Å². The molecule has 2 aliphatic rings. The number of aromatic nitrogens is 4. The van der Waals surface area contributed by atoms with Gasteiger partial charge in [-0.15, -0.1) is 11.3 Å². The molecule has 0 unspecified atom stereocenters. The fourth-order valence-corrected chi connectivity index (χ4v) is 6.58. The highest BCUT2D eigenvalue weighted by atomic mass is 32.2. The summed E-state index contributed by atoms with van der Waals surface area (Å²) in [6.45, 7) is 6.23. The van der Waals surface area contributed by atoms with E-state index in [-0.39, 0.29) is 0 Å². The van der Waals surface area contributed by atoms with Crippen LogP contribution in [0.5, 0.6) is 0 Å². The smallest absolute Gasteiger partial charge is 0.211 e. The molecule has 184 valence electrons. The van der Waals surface area contributed by atoms with Crippen molar-refractivity contribution in [1.82, 2.24) is 29.1 Å². The third-order valence-electron chi connectivity index (χ3n) is 6.59. The van der Waals surface area contributed by atoms with Gasteiger partial charge in [0.2, 0.25) is 10.0 Å². The van der Waals surface area contributed by atoms with Crippen molar-refractivity contribution in [2.24, 2.45) is 0 Å². The number of H-pyrrole nitrogens is 1. The number of ether oxygens (including phenoxy) is 1. The number of sulfonamides is 1. The molecule has 6 rings (SSSR count). The molecule has 4 aromatic rings. The number of hydrogen-bond donors (Lipinski definition) is 1. The minimum Gasteiger partial charge on any atom is -0.378 e. The average molecular weight is 514 g/mol. The zero-order chi connectivity index (χ0) is 24.0. The van der Waals surface area contributed by atoms with Crippen LogP contribution in [0, 0.1) is 0 Å². The highest BCUT2D eigenvalue weighted by Gasteiger charge is 2.25. The van der Waals surface area contributed by atoms with E-state index >= 15 is 0 Å². The van der Waals surface area contributed by atoms with Crippen LogP contribution < -0.4 is 4.90 Å². The minimum atomic E-state index is -3.13. The van der Waals surface area contributed by atoms with Crippen molar-refractivity contribution < 1.29 is 13.2 Å². The van der Waals surface area contributed by atoms with Gasteiger partial charge in [-0.1, -0.05) is 0 Å².